The van der Waals surface area contributed by atoms with Crippen LogP contribution in [0, 0.1) is 0 Å². The number of hydrogen-bond acceptors (Lipinski definition) is 4. The van der Waals surface area contributed by atoms with Crippen molar-refractivity contribution in [2.75, 3.05) is 23.9 Å². The third kappa shape index (κ3) is 5.30. The zero-order valence-electron chi connectivity index (χ0n) is 14.9. The molecule has 2 aromatic carbocycles. The van der Waals surface area contributed by atoms with Gasteiger partial charge in [-0.05, 0) is 53.3 Å². The predicted octanol–water partition coefficient (Wildman–Crippen LogP) is 4.69. The van der Waals surface area contributed by atoms with E-state index < -0.39 is 7.37 Å². The number of aryl methyl sites for hydroxylation is 1. The van der Waals surface area contributed by atoms with Gasteiger partial charge in [0, 0.05) is 23.3 Å². The topological polar surface area (TPSA) is 92.4 Å². The molecule has 3 rings (SSSR count). The van der Waals surface area contributed by atoms with Crippen LogP contribution < -0.4 is 11.1 Å². The summed E-state index contributed by atoms with van der Waals surface area (Å²) >= 11 is 1.62. The Morgan fingerprint density at radius 1 is 1.19 bits per heavy atom. The van der Waals surface area contributed by atoms with Crippen LogP contribution >= 0.6 is 18.7 Å². The van der Waals surface area contributed by atoms with Gasteiger partial charge in [-0.15, -0.1) is 11.3 Å². The lowest BCUT2D eigenvalue weighted by Gasteiger charge is -2.11. The molecule has 0 bridgehead atoms. The summed E-state index contributed by atoms with van der Waals surface area (Å²) in [4.78, 5) is 23.0. The third-order valence-electron chi connectivity index (χ3n) is 4.14. The minimum Gasteiger partial charge on any atom is -0.397 e. The molecule has 4 N–H and O–H groups in total. The van der Waals surface area contributed by atoms with Crippen molar-refractivity contribution in [1.82, 2.24) is 0 Å². The van der Waals surface area contributed by atoms with Gasteiger partial charge in [0.15, 0.2) is 7.37 Å². The number of nitrogens with one attached hydrogen (secondary N) is 1. The number of carbonyl (C=O) groups is 1. The summed E-state index contributed by atoms with van der Waals surface area (Å²) in [6.07, 6.45) is 0.729. The SMILES string of the molecule is CP(=O)(O)CCc1ccc(C(=O)Nc2cc(-c3cccs3)ccc2N)cc1. The summed E-state index contributed by atoms with van der Waals surface area (Å²) in [6, 6.07) is 16.6. The molecule has 7 heteroatoms. The summed E-state index contributed by atoms with van der Waals surface area (Å²) in [5, 5.41) is 4.86. The van der Waals surface area contributed by atoms with Gasteiger partial charge in [-0.25, -0.2) is 0 Å². The summed E-state index contributed by atoms with van der Waals surface area (Å²) in [5.41, 5.74) is 9.50. The van der Waals surface area contributed by atoms with E-state index in [1.807, 2.05) is 29.6 Å². The number of rotatable bonds is 6. The van der Waals surface area contributed by atoms with E-state index in [1.54, 1.807) is 41.7 Å². The second-order valence-corrected chi connectivity index (χ2v) is 9.95. The monoisotopic (exact) mass is 400 g/mol. The Bertz CT molecular complexity index is 979. The summed E-state index contributed by atoms with van der Waals surface area (Å²) in [5.74, 6) is -0.250. The second-order valence-electron chi connectivity index (χ2n) is 6.45. The molecule has 0 radical (unpaired) electrons. The van der Waals surface area contributed by atoms with Crippen molar-refractivity contribution in [3.05, 3.63) is 71.1 Å². The molecule has 0 aliphatic carbocycles. The average molecular weight is 400 g/mol. The molecule has 1 unspecified atom stereocenters. The molecule has 1 atom stereocenters. The molecule has 0 spiro atoms. The van der Waals surface area contributed by atoms with Gasteiger partial charge in [0.25, 0.3) is 5.91 Å². The summed E-state index contributed by atoms with van der Waals surface area (Å²) < 4.78 is 11.4. The molecular weight excluding hydrogens is 379 g/mol. The Balaban J connectivity index is 1.72. The van der Waals surface area contributed by atoms with Gasteiger partial charge in [0.1, 0.15) is 0 Å². The number of nitrogen functional groups attached to an aromatic ring is 1. The predicted molar refractivity (Wildman–Crippen MR) is 113 cm³/mol. The van der Waals surface area contributed by atoms with E-state index >= 15 is 0 Å². The first-order valence-corrected chi connectivity index (χ1v) is 11.6. The number of thiophene rings is 1. The molecule has 3 aromatic rings. The van der Waals surface area contributed by atoms with Crippen LogP contribution in [0.25, 0.3) is 10.4 Å². The van der Waals surface area contributed by atoms with E-state index in [0.717, 1.165) is 16.0 Å². The quantitative estimate of drug-likeness (QED) is 0.413. The van der Waals surface area contributed by atoms with Gasteiger partial charge in [-0.1, -0.05) is 24.3 Å². The normalized spacial score (nSPS) is 13.1. The Kier molecular flexibility index (Phi) is 5.80. The third-order valence-corrected chi connectivity index (χ3v) is 6.11. The molecule has 0 aliphatic heterocycles. The number of amides is 1. The molecule has 27 heavy (non-hydrogen) atoms. The van der Waals surface area contributed by atoms with Crippen LogP contribution in [0.4, 0.5) is 11.4 Å². The van der Waals surface area contributed by atoms with E-state index in [-0.39, 0.29) is 12.1 Å². The fraction of sp³-hybridized carbons (Fsp3) is 0.150. The van der Waals surface area contributed by atoms with Crippen molar-refractivity contribution in [3.63, 3.8) is 0 Å². The summed E-state index contributed by atoms with van der Waals surface area (Å²) in [6.45, 7) is 1.35. The lowest BCUT2D eigenvalue weighted by molar-refractivity contribution is 0.102. The number of benzene rings is 2. The number of anilines is 2. The lowest BCUT2D eigenvalue weighted by Crippen LogP contribution is -2.13. The molecule has 0 fully saturated rings. The maximum atomic E-state index is 12.5. The standard InChI is InChI=1S/C20H21N2O3PS/c1-26(24,25)11-10-14-4-6-15(7-5-14)20(23)22-18-13-16(8-9-17(18)21)19-3-2-12-27-19/h2-9,12-13H,10-11,21H2,1H3,(H,22,23)(H,24,25). The highest BCUT2D eigenvalue weighted by Crippen LogP contribution is 2.35. The molecule has 5 nitrogen and oxygen atoms in total. The highest BCUT2D eigenvalue weighted by Gasteiger charge is 2.12. The molecule has 1 heterocycles. The highest BCUT2D eigenvalue weighted by atomic mass is 32.1. The Labute approximate surface area is 162 Å². The zero-order valence-corrected chi connectivity index (χ0v) is 16.6. The Morgan fingerprint density at radius 3 is 2.56 bits per heavy atom. The maximum Gasteiger partial charge on any atom is 0.255 e. The van der Waals surface area contributed by atoms with E-state index in [0.29, 0.717) is 23.4 Å². The molecule has 0 saturated heterocycles. The van der Waals surface area contributed by atoms with E-state index in [2.05, 4.69) is 5.32 Å². The van der Waals surface area contributed by atoms with Crippen LogP contribution in [0.1, 0.15) is 15.9 Å². The first kappa shape index (κ1) is 19.4. The van der Waals surface area contributed by atoms with Crippen LogP contribution in [0.5, 0.6) is 0 Å². The van der Waals surface area contributed by atoms with E-state index in [4.69, 9.17) is 5.73 Å². The number of nitrogens with two attached hydrogens (primary N) is 1. The minimum atomic E-state index is -3.03. The highest BCUT2D eigenvalue weighted by molar-refractivity contribution is 7.57. The first-order valence-electron chi connectivity index (χ1n) is 8.45. The van der Waals surface area contributed by atoms with Gasteiger partial charge in [0.05, 0.1) is 11.4 Å². The van der Waals surface area contributed by atoms with Crippen LogP contribution in [0.3, 0.4) is 0 Å². The first-order chi connectivity index (χ1) is 12.8. The van der Waals surface area contributed by atoms with Gasteiger partial charge < -0.3 is 15.9 Å². The number of carbonyl (C=O) groups excluding carboxylic acids is 1. The number of hydrogen-bond donors (Lipinski definition) is 3. The van der Waals surface area contributed by atoms with Crippen LogP contribution in [0.2, 0.25) is 0 Å². The van der Waals surface area contributed by atoms with Gasteiger partial charge >= 0.3 is 0 Å². The van der Waals surface area contributed by atoms with Crippen LogP contribution in [-0.4, -0.2) is 23.6 Å². The van der Waals surface area contributed by atoms with Crippen LogP contribution in [0.15, 0.2) is 60.0 Å². The lowest BCUT2D eigenvalue weighted by atomic mass is 10.1. The van der Waals surface area contributed by atoms with Crippen molar-refractivity contribution >= 4 is 36.0 Å². The molecule has 1 amide bonds. The van der Waals surface area contributed by atoms with E-state index in [1.165, 1.54) is 6.66 Å². The zero-order chi connectivity index (χ0) is 19.4. The van der Waals surface area contributed by atoms with Crippen molar-refractivity contribution in [2.45, 2.75) is 6.42 Å². The Hall–Kier alpha value is -2.40. The van der Waals surface area contributed by atoms with E-state index in [9.17, 15) is 14.3 Å². The fourth-order valence-electron chi connectivity index (χ4n) is 2.61. The largest absolute Gasteiger partial charge is 0.397 e. The van der Waals surface area contributed by atoms with Crippen molar-refractivity contribution in [2.24, 2.45) is 0 Å². The van der Waals surface area contributed by atoms with Gasteiger partial charge in [-0.2, -0.15) is 0 Å². The van der Waals surface area contributed by atoms with Crippen molar-refractivity contribution in [3.8, 4) is 10.4 Å². The second kappa shape index (κ2) is 8.09. The molecular formula is C20H21N2O3PS. The van der Waals surface area contributed by atoms with Crippen molar-refractivity contribution in [1.29, 1.82) is 0 Å². The molecule has 0 aliphatic rings. The van der Waals surface area contributed by atoms with Gasteiger partial charge in [-0.3, -0.25) is 9.36 Å². The molecule has 0 saturated carbocycles. The Morgan fingerprint density at radius 2 is 1.93 bits per heavy atom. The van der Waals surface area contributed by atoms with Gasteiger partial charge in [0.2, 0.25) is 0 Å². The van der Waals surface area contributed by atoms with Crippen LogP contribution in [-0.2, 0) is 11.0 Å². The summed E-state index contributed by atoms with van der Waals surface area (Å²) in [7, 11) is -3.03. The minimum absolute atomic E-state index is 0.227. The molecule has 140 valence electrons. The molecule has 1 aromatic heterocycles. The fourth-order valence-corrected chi connectivity index (χ4v) is 4.01. The average Bonchev–Trinajstić information content (AvgIpc) is 3.16. The maximum absolute atomic E-state index is 12.5. The smallest absolute Gasteiger partial charge is 0.255 e. The van der Waals surface area contributed by atoms with Crippen molar-refractivity contribution < 1.29 is 14.3 Å².